The van der Waals surface area contributed by atoms with Gasteiger partial charge < -0.3 is 9.84 Å². The van der Waals surface area contributed by atoms with Crippen LogP contribution in [0.4, 0.5) is 0 Å². The normalized spacial score (nSPS) is 11.0. The lowest BCUT2D eigenvalue weighted by atomic mass is 10.1. The Balaban J connectivity index is 1.26. The molecule has 4 rings (SSSR count). The molecule has 0 saturated heterocycles. The number of carbonyl (C=O) groups excluding carboxylic acids is 1. The highest BCUT2D eigenvalue weighted by molar-refractivity contribution is 7.13. The molecule has 0 aliphatic carbocycles. The molecule has 3 heterocycles. The first-order chi connectivity index (χ1) is 13.3. The molecule has 1 amide bonds. The average molecular weight is 378 g/mol. The second kappa shape index (κ2) is 8.09. The Morgan fingerprint density at radius 3 is 2.93 bits per heavy atom. The minimum absolute atomic E-state index is 0.0286. The van der Waals surface area contributed by atoms with E-state index < -0.39 is 0 Å². The summed E-state index contributed by atoms with van der Waals surface area (Å²) in [6.45, 7) is 0.568. The van der Waals surface area contributed by atoms with Gasteiger partial charge in [0.1, 0.15) is 0 Å². The van der Waals surface area contributed by atoms with Gasteiger partial charge in [0.25, 0.3) is 0 Å². The van der Waals surface area contributed by atoms with E-state index in [1.54, 1.807) is 17.5 Å². The van der Waals surface area contributed by atoms with Crippen LogP contribution in [-0.2, 0) is 17.6 Å². The van der Waals surface area contributed by atoms with Crippen molar-refractivity contribution < 1.29 is 9.32 Å². The minimum Gasteiger partial charge on any atom is -0.356 e. The van der Waals surface area contributed by atoms with Gasteiger partial charge in [0.2, 0.25) is 17.6 Å². The van der Waals surface area contributed by atoms with Gasteiger partial charge in [0, 0.05) is 31.0 Å². The number of thiophene rings is 1. The van der Waals surface area contributed by atoms with Crippen LogP contribution >= 0.6 is 11.3 Å². The van der Waals surface area contributed by atoms with E-state index in [1.165, 1.54) is 0 Å². The zero-order chi connectivity index (χ0) is 18.5. The molecule has 0 aliphatic rings. The van der Waals surface area contributed by atoms with Crippen LogP contribution in [0.3, 0.4) is 0 Å². The van der Waals surface area contributed by atoms with E-state index in [4.69, 9.17) is 4.52 Å². The maximum Gasteiger partial charge on any atom is 0.227 e. The summed E-state index contributed by atoms with van der Waals surface area (Å²) in [5.74, 6) is 1.02. The quantitative estimate of drug-likeness (QED) is 0.531. The largest absolute Gasteiger partial charge is 0.356 e. The number of pyridine rings is 1. The van der Waals surface area contributed by atoms with Crippen molar-refractivity contribution >= 4 is 28.1 Å². The lowest BCUT2D eigenvalue weighted by Crippen LogP contribution is -2.26. The minimum atomic E-state index is -0.0286. The number of nitrogens with one attached hydrogen (secondary N) is 1. The van der Waals surface area contributed by atoms with Gasteiger partial charge in [-0.15, -0.1) is 11.3 Å². The van der Waals surface area contributed by atoms with Crippen molar-refractivity contribution in [2.45, 2.75) is 19.3 Å². The molecular formula is C20H18N4O2S. The number of rotatable bonds is 7. The number of fused-ring (bicyclic) bond motifs is 1. The van der Waals surface area contributed by atoms with Crippen LogP contribution in [0.2, 0.25) is 0 Å². The molecule has 0 fully saturated rings. The van der Waals surface area contributed by atoms with Gasteiger partial charge in [0.05, 0.1) is 10.4 Å². The molecule has 0 saturated carbocycles. The highest BCUT2D eigenvalue weighted by Gasteiger charge is 2.11. The van der Waals surface area contributed by atoms with Crippen molar-refractivity contribution in [1.82, 2.24) is 20.4 Å². The Bertz CT molecular complexity index is 1040. The number of nitrogens with zero attached hydrogens (tertiary/aromatic N) is 3. The van der Waals surface area contributed by atoms with E-state index in [-0.39, 0.29) is 5.91 Å². The molecule has 0 unspecified atom stereocenters. The summed E-state index contributed by atoms with van der Waals surface area (Å²) >= 11 is 1.55. The molecular weight excluding hydrogens is 360 g/mol. The average Bonchev–Trinajstić information content (AvgIpc) is 3.38. The van der Waals surface area contributed by atoms with E-state index in [1.807, 2.05) is 47.8 Å². The molecule has 0 spiro atoms. The van der Waals surface area contributed by atoms with E-state index in [0.717, 1.165) is 27.8 Å². The van der Waals surface area contributed by atoms with E-state index >= 15 is 0 Å². The molecule has 0 atom stereocenters. The summed E-state index contributed by atoms with van der Waals surface area (Å²) in [5, 5.41) is 9.97. The Hall–Kier alpha value is -3.06. The van der Waals surface area contributed by atoms with Gasteiger partial charge in [-0.1, -0.05) is 35.5 Å². The molecule has 136 valence electrons. The van der Waals surface area contributed by atoms with Crippen molar-refractivity contribution in [1.29, 1.82) is 0 Å². The van der Waals surface area contributed by atoms with E-state index in [2.05, 4.69) is 20.4 Å². The van der Waals surface area contributed by atoms with Gasteiger partial charge >= 0.3 is 0 Å². The van der Waals surface area contributed by atoms with Gasteiger partial charge in [-0.2, -0.15) is 4.98 Å². The fraction of sp³-hybridized carbons (Fsp3) is 0.200. The molecule has 6 nitrogen and oxygen atoms in total. The molecule has 1 aromatic carbocycles. The highest BCUT2D eigenvalue weighted by atomic mass is 32.1. The SMILES string of the molecule is O=C(CCc1nc(-c2cccs2)no1)NCCc1cccc2cccnc12. The molecule has 0 aliphatic heterocycles. The Labute approximate surface area is 160 Å². The van der Waals surface area contributed by atoms with Crippen molar-refractivity contribution in [2.75, 3.05) is 6.54 Å². The van der Waals surface area contributed by atoms with Crippen molar-refractivity contribution in [3.05, 3.63) is 65.5 Å². The van der Waals surface area contributed by atoms with Gasteiger partial charge in [-0.3, -0.25) is 9.78 Å². The van der Waals surface area contributed by atoms with Crippen LogP contribution in [0, 0.1) is 0 Å². The summed E-state index contributed by atoms with van der Waals surface area (Å²) in [4.78, 5) is 21.8. The van der Waals surface area contributed by atoms with Crippen LogP contribution in [0.1, 0.15) is 17.9 Å². The van der Waals surface area contributed by atoms with Crippen molar-refractivity contribution in [3.63, 3.8) is 0 Å². The summed E-state index contributed by atoms with van der Waals surface area (Å²) in [5.41, 5.74) is 2.12. The lowest BCUT2D eigenvalue weighted by Gasteiger charge is -2.07. The predicted molar refractivity (Wildman–Crippen MR) is 104 cm³/mol. The summed E-state index contributed by atoms with van der Waals surface area (Å²) in [6, 6.07) is 13.9. The van der Waals surface area contributed by atoms with Crippen LogP contribution in [0.25, 0.3) is 21.6 Å². The first kappa shape index (κ1) is 17.4. The number of hydrogen-bond acceptors (Lipinski definition) is 6. The number of carbonyl (C=O) groups is 1. The summed E-state index contributed by atoms with van der Waals surface area (Å²) in [7, 11) is 0. The predicted octanol–water partition coefficient (Wildman–Crippen LogP) is 3.64. The van der Waals surface area contributed by atoms with Crippen LogP contribution in [0.5, 0.6) is 0 Å². The Kier molecular flexibility index (Phi) is 5.20. The zero-order valence-corrected chi connectivity index (χ0v) is 15.4. The zero-order valence-electron chi connectivity index (χ0n) is 14.6. The molecule has 0 bridgehead atoms. The number of amides is 1. The summed E-state index contributed by atoms with van der Waals surface area (Å²) < 4.78 is 5.22. The first-order valence-electron chi connectivity index (χ1n) is 8.75. The molecule has 7 heteroatoms. The van der Waals surface area contributed by atoms with E-state index in [9.17, 15) is 4.79 Å². The Morgan fingerprint density at radius 2 is 2.04 bits per heavy atom. The standard InChI is InChI=1S/C20H18N4O2S/c25-17(8-9-18-23-20(24-26-18)16-7-3-13-27-16)21-12-10-15-5-1-4-14-6-2-11-22-19(14)15/h1-7,11,13H,8-10,12H2,(H,21,25). The maximum atomic E-state index is 12.1. The topological polar surface area (TPSA) is 80.9 Å². The molecule has 3 aromatic heterocycles. The monoisotopic (exact) mass is 378 g/mol. The Morgan fingerprint density at radius 1 is 1.11 bits per heavy atom. The molecule has 1 N–H and O–H groups in total. The van der Waals surface area contributed by atoms with Gasteiger partial charge in [0.15, 0.2) is 0 Å². The number of para-hydroxylation sites is 1. The second-order valence-corrected chi connectivity index (χ2v) is 7.03. The number of benzene rings is 1. The molecule has 0 radical (unpaired) electrons. The van der Waals surface area contributed by atoms with Crippen molar-refractivity contribution in [3.8, 4) is 10.7 Å². The highest BCUT2D eigenvalue weighted by Crippen LogP contribution is 2.21. The molecule has 27 heavy (non-hydrogen) atoms. The molecule has 4 aromatic rings. The fourth-order valence-corrected chi connectivity index (χ4v) is 3.53. The third kappa shape index (κ3) is 4.20. The van der Waals surface area contributed by atoms with Crippen LogP contribution in [0.15, 0.2) is 58.6 Å². The third-order valence-electron chi connectivity index (χ3n) is 4.21. The summed E-state index contributed by atoms with van der Waals surface area (Å²) in [6.07, 6.45) is 3.28. The van der Waals surface area contributed by atoms with Gasteiger partial charge in [-0.05, 0) is 29.5 Å². The fourth-order valence-electron chi connectivity index (χ4n) is 2.88. The maximum absolute atomic E-state index is 12.1. The van der Waals surface area contributed by atoms with Crippen molar-refractivity contribution in [2.24, 2.45) is 0 Å². The lowest BCUT2D eigenvalue weighted by molar-refractivity contribution is -0.121. The smallest absolute Gasteiger partial charge is 0.227 e. The number of aromatic nitrogens is 3. The second-order valence-electron chi connectivity index (χ2n) is 6.08. The first-order valence-corrected chi connectivity index (χ1v) is 9.63. The van der Waals surface area contributed by atoms with Gasteiger partial charge in [-0.25, -0.2) is 0 Å². The van der Waals surface area contributed by atoms with Crippen LogP contribution in [-0.4, -0.2) is 27.6 Å². The number of aryl methyl sites for hydroxylation is 1. The third-order valence-corrected chi connectivity index (χ3v) is 5.07. The van der Waals surface area contributed by atoms with E-state index in [0.29, 0.717) is 31.1 Å². The number of hydrogen-bond donors (Lipinski definition) is 1. The van der Waals surface area contributed by atoms with Crippen LogP contribution < -0.4 is 5.32 Å².